The van der Waals surface area contributed by atoms with E-state index in [-0.39, 0.29) is 20.7 Å². The molecule has 2 N–H and O–H groups in total. The van der Waals surface area contributed by atoms with Gasteiger partial charge in [0, 0.05) is 17.0 Å². The van der Waals surface area contributed by atoms with Crippen LogP contribution < -0.4 is 10.6 Å². The van der Waals surface area contributed by atoms with E-state index in [1.807, 2.05) is 0 Å². The molecular weight excluding hydrogens is 389 g/mol. The van der Waals surface area contributed by atoms with E-state index in [0.29, 0.717) is 0 Å². The van der Waals surface area contributed by atoms with Crippen molar-refractivity contribution < 1.29 is 19.1 Å². The van der Waals surface area contributed by atoms with E-state index in [9.17, 15) is 19.6 Å². The third-order valence-corrected chi connectivity index (χ3v) is 4.44. The number of ketones is 1. The third-order valence-electron chi connectivity index (χ3n) is 3.68. The van der Waals surface area contributed by atoms with Crippen LogP contribution in [0.15, 0.2) is 18.2 Å². The minimum Gasteiger partial charge on any atom is -0.467 e. The summed E-state index contributed by atoms with van der Waals surface area (Å²) >= 11 is 16.8. The molecule has 1 fully saturated rings. The fourth-order valence-corrected chi connectivity index (χ4v) is 3.19. The number of ether oxygens (including phenoxy) is 1. The summed E-state index contributed by atoms with van der Waals surface area (Å²) in [6.45, 7) is 0. The van der Waals surface area contributed by atoms with E-state index in [0.717, 1.165) is 7.11 Å². The maximum absolute atomic E-state index is 12.7. The summed E-state index contributed by atoms with van der Waals surface area (Å²) in [5.41, 5.74) is -1.92. The normalized spacial score (nSPS) is 22.4. The third kappa shape index (κ3) is 3.58. The van der Waals surface area contributed by atoms with Crippen LogP contribution in [0.3, 0.4) is 0 Å². The van der Waals surface area contributed by atoms with Crippen LogP contribution in [0.5, 0.6) is 0 Å². The summed E-state index contributed by atoms with van der Waals surface area (Å²) < 4.78 is 4.71. The van der Waals surface area contributed by atoms with Crippen molar-refractivity contribution in [2.45, 2.75) is 12.0 Å². The average molecular weight is 400 g/mol. The number of esters is 1. The predicted molar refractivity (Wildman–Crippen MR) is 93.1 cm³/mol. The number of carbonyl (C=O) groups is 3. The van der Waals surface area contributed by atoms with Gasteiger partial charge in [-0.05, 0) is 30.4 Å². The molecule has 1 aliphatic rings. The van der Waals surface area contributed by atoms with Gasteiger partial charge in [0.1, 0.15) is 0 Å². The van der Waals surface area contributed by atoms with E-state index in [4.69, 9.17) is 40.2 Å². The number of nitrogens with zero attached hydrogens (tertiary/aromatic N) is 1. The molecule has 2 rings (SSSR count). The first-order chi connectivity index (χ1) is 11.7. The van der Waals surface area contributed by atoms with Gasteiger partial charge in [-0.3, -0.25) is 9.59 Å². The molecule has 1 heterocycles. The Balaban J connectivity index is 2.51. The first kappa shape index (κ1) is 19.1. The first-order valence-electron chi connectivity index (χ1n) is 6.84. The maximum Gasteiger partial charge on any atom is 0.334 e. The highest BCUT2D eigenvalue weighted by Gasteiger charge is 2.55. The van der Waals surface area contributed by atoms with Gasteiger partial charge in [-0.15, -0.1) is 0 Å². The second-order valence-electron chi connectivity index (χ2n) is 5.19. The lowest BCUT2D eigenvalue weighted by atomic mass is 9.77. The fraction of sp³-hybridized carbons (Fsp3) is 0.267. The average Bonchev–Trinajstić information content (AvgIpc) is 2.55. The zero-order chi connectivity index (χ0) is 18.8. The van der Waals surface area contributed by atoms with Gasteiger partial charge in [0.2, 0.25) is 5.91 Å². The molecule has 0 aromatic heterocycles. The lowest BCUT2D eigenvalue weighted by molar-refractivity contribution is -0.152. The minimum atomic E-state index is -1.97. The molecule has 130 valence electrons. The topological polar surface area (TPSA) is 108 Å². The number of halogens is 2. The Morgan fingerprint density at radius 2 is 2.12 bits per heavy atom. The molecule has 2 atom stereocenters. The second-order valence-corrected chi connectivity index (χ2v) is 6.44. The standard InChI is InChI=1S/C15H11Cl2N3O4S/c1-24-13(23)15(9(6-18)12(22)19-14(25)20-15)5-11(21)8-4-7(16)2-3-10(8)17/h2-4,9H,5H2,1H3,(H2,19,20,22,25)/t9-,15+/m0/s1. The van der Waals surface area contributed by atoms with Crippen molar-refractivity contribution in [2.24, 2.45) is 5.92 Å². The van der Waals surface area contributed by atoms with Crippen LogP contribution in [0.4, 0.5) is 0 Å². The molecule has 1 amide bonds. The predicted octanol–water partition coefficient (Wildman–Crippen LogP) is 1.62. The lowest BCUT2D eigenvalue weighted by Crippen LogP contribution is -2.70. The molecular formula is C15H11Cl2N3O4S. The van der Waals surface area contributed by atoms with Gasteiger partial charge in [-0.25, -0.2) is 4.79 Å². The van der Waals surface area contributed by atoms with Gasteiger partial charge >= 0.3 is 5.97 Å². The Labute approximate surface area is 158 Å². The second kappa shape index (κ2) is 7.35. The van der Waals surface area contributed by atoms with Crippen LogP contribution in [0.1, 0.15) is 16.8 Å². The van der Waals surface area contributed by atoms with Gasteiger partial charge < -0.3 is 15.4 Å². The number of Topliss-reactive ketones (excluding diaryl/α,β-unsaturated/α-hetero) is 1. The van der Waals surface area contributed by atoms with Gasteiger partial charge in [0.05, 0.1) is 18.2 Å². The largest absolute Gasteiger partial charge is 0.467 e. The Hall–Kier alpha value is -2.21. The molecule has 0 spiro atoms. The molecule has 0 unspecified atom stereocenters. The number of rotatable bonds is 4. The summed E-state index contributed by atoms with van der Waals surface area (Å²) in [7, 11) is 1.08. The zero-order valence-corrected chi connectivity index (χ0v) is 15.1. The van der Waals surface area contributed by atoms with Crippen LogP contribution in [-0.2, 0) is 14.3 Å². The number of nitriles is 1. The molecule has 25 heavy (non-hydrogen) atoms. The highest BCUT2D eigenvalue weighted by atomic mass is 35.5. The molecule has 0 bridgehead atoms. The van der Waals surface area contributed by atoms with E-state index >= 15 is 0 Å². The van der Waals surface area contributed by atoms with Gasteiger partial charge in [-0.2, -0.15) is 5.26 Å². The van der Waals surface area contributed by atoms with Gasteiger partial charge in [-0.1, -0.05) is 23.2 Å². The number of thiocarbonyl (C=S) groups is 1. The molecule has 1 aromatic carbocycles. The Bertz CT molecular complexity index is 823. The van der Waals surface area contributed by atoms with E-state index in [2.05, 4.69) is 10.6 Å². The van der Waals surface area contributed by atoms with E-state index in [1.165, 1.54) is 18.2 Å². The van der Waals surface area contributed by atoms with Crippen LogP contribution in [0.2, 0.25) is 10.0 Å². The highest BCUT2D eigenvalue weighted by Crippen LogP contribution is 2.30. The Kier molecular flexibility index (Phi) is 5.62. The number of benzene rings is 1. The smallest absolute Gasteiger partial charge is 0.334 e. The molecule has 1 saturated heterocycles. The zero-order valence-electron chi connectivity index (χ0n) is 12.8. The summed E-state index contributed by atoms with van der Waals surface area (Å²) in [4.78, 5) is 37.2. The molecule has 10 heteroatoms. The SMILES string of the molecule is COC(=O)[C@]1(CC(=O)c2cc(Cl)ccc2Cl)NC(=S)NC(=O)[C@@H]1C#N. The van der Waals surface area contributed by atoms with Crippen LogP contribution in [0, 0.1) is 17.2 Å². The quantitative estimate of drug-likeness (QED) is 0.449. The van der Waals surface area contributed by atoms with Crippen LogP contribution in [0.25, 0.3) is 0 Å². The van der Waals surface area contributed by atoms with Gasteiger partial charge in [0.25, 0.3) is 0 Å². The van der Waals surface area contributed by atoms with Crippen molar-refractivity contribution in [3.63, 3.8) is 0 Å². The number of nitrogens with one attached hydrogen (secondary N) is 2. The number of hydrogen-bond acceptors (Lipinski definition) is 6. The highest BCUT2D eigenvalue weighted by molar-refractivity contribution is 7.80. The van der Waals surface area contributed by atoms with E-state index < -0.39 is 35.5 Å². The summed E-state index contributed by atoms with van der Waals surface area (Å²) in [5, 5.41) is 14.3. The molecule has 1 aromatic rings. The van der Waals surface area contributed by atoms with Crippen molar-refractivity contribution in [3.8, 4) is 6.07 Å². The van der Waals surface area contributed by atoms with Crippen LogP contribution in [-0.4, -0.2) is 35.4 Å². The van der Waals surface area contributed by atoms with Crippen molar-refractivity contribution in [1.82, 2.24) is 10.6 Å². The summed E-state index contributed by atoms with van der Waals surface area (Å²) in [5.74, 6) is -3.92. The molecule has 1 aliphatic heterocycles. The van der Waals surface area contributed by atoms with Crippen molar-refractivity contribution >= 4 is 58.2 Å². The maximum atomic E-state index is 12.7. The summed E-state index contributed by atoms with van der Waals surface area (Å²) in [6.07, 6.45) is -0.578. The summed E-state index contributed by atoms with van der Waals surface area (Å²) in [6, 6.07) is 5.97. The fourth-order valence-electron chi connectivity index (χ4n) is 2.51. The van der Waals surface area contributed by atoms with Gasteiger partial charge in [0.15, 0.2) is 22.4 Å². The lowest BCUT2D eigenvalue weighted by Gasteiger charge is -2.38. The van der Waals surface area contributed by atoms with E-state index in [1.54, 1.807) is 6.07 Å². The molecule has 0 radical (unpaired) electrons. The molecule has 0 aliphatic carbocycles. The number of methoxy groups -OCH3 is 1. The number of amides is 1. The van der Waals surface area contributed by atoms with Crippen molar-refractivity contribution in [1.29, 1.82) is 5.26 Å². The molecule has 0 saturated carbocycles. The van der Waals surface area contributed by atoms with Crippen molar-refractivity contribution in [2.75, 3.05) is 7.11 Å². The number of hydrogen-bond donors (Lipinski definition) is 2. The Morgan fingerprint density at radius 1 is 1.44 bits per heavy atom. The molecule has 7 nitrogen and oxygen atoms in total. The minimum absolute atomic E-state index is 0.0489. The Morgan fingerprint density at radius 3 is 2.72 bits per heavy atom. The van der Waals surface area contributed by atoms with Crippen molar-refractivity contribution in [3.05, 3.63) is 33.8 Å². The first-order valence-corrected chi connectivity index (χ1v) is 8.01. The van der Waals surface area contributed by atoms with Crippen LogP contribution >= 0.6 is 35.4 Å². The monoisotopic (exact) mass is 399 g/mol. The number of carbonyl (C=O) groups excluding carboxylic acids is 3.